The number of rotatable bonds is 8. The lowest BCUT2D eigenvalue weighted by Gasteiger charge is -2.39. The maximum atomic E-state index is 13.1. The van der Waals surface area contributed by atoms with Crippen LogP contribution < -0.4 is 5.32 Å². The summed E-state index contributed by atoms with van der Waals surface area (Å²) >= 11 is 0. The highest BCUT2D eigenvalue weighted by Gasteiger charge is 2.30. The fraction of sp³-hybridized carbons (Fsp3) is 0.300. The third-order valence-electron chi connectivity index (χ3n) is 4.15. The molecule has 0 aromatic heterocycles. The van der Waals surface area contributed by atoms with Crippen molar-refractivity contribution < 1.29 is 14.7 Å². The van der Waals surface area contributed by atoms with Gasteiger partial charge in [0.1, 0.15) is 6.54 Å². The molecule has 1 aromatic rings. The highest BCUT2D eigenvalue weighted by molar-refractivity contribution is 5.96. The molecule has 2 atom stereocenters. The molecule has 5 nitrogen and oxygen atoms in total. The summed E-state index contributed by atoms with van der Waals surface area (Å²) in [4.78, 5) is 25.7. The molecule has 0 spiro atoms. The van der Waals surface area contributed by atoms with Crippen LogP contribution in [0.25, 0.3) is 0 Å². The number of carboxylic acid groups (broad SMARTS) is 1. The Morgan fingerprint density at radius 2 is 2.04 bits per heavy atom. The number of benzene rings is 1. The molecule has 0 unspecified atom stereocenters. The van der Waals surface area contributed by atoms with Crippen LogP contribution in [0, 0.1) is 0 Å². The minimum Gasteiger partial charge on any atom is -0.480 e. The van der Waals surface area contributed by atoms with Crippen molar-refractivity contribution in [2.24, 2.45) is 0 Å². The Bertz CT molecular complexity index is 681. The Balaban J connectivity index is 2.26. The molecular weight excluding hydrogens is 316 g/mol. The molecule has 132 valence electrons. The van der Waals surface area contributed by atoms with Crippen LogP contribution in [-0.2, 0) is 4.79 Å². The van der Waals surface area contributed by atoms with Crippen LogP contribution in [0.5, 0.6) is 0 Å². The van der Waals surface area contributed by atoms with E-state index in [0.717, 1.165) is 12.8 Å². The van der Waals surface area contributed by atoms with Crippen molar-refractivity contribution in [1.29, 1.82) is 0 Å². The van der Waals surface area contributed by atoms with Crippen LogP contribution in [0.1, 0.15) is 29.6 Å². The fourth-order valence-corrected chi connectivity index (χ4v) is 3.04. The molecule has 0 fully saturated rings. The summed E-state index contributed by atoms with van der Waals surface area (Å²) < 4.78 is 0. The molecule has 0 bridgehead atoms. The van der Waals surface area contributed by atoms with Crippen molar-refractivity contribution in [3.8, 4) is 0 Å². The van der Waals surface area contributed by atoms with Gasteiger partial charge in [0, 0.05) is 17.3 Å². The monoisotopic (exact) mass is 340 g/mol. The normalized spacial score (nSPS) is 19.3. The fourth-order valence-electron chi connectivity index (χ4n) is 3.04. The number of carbonyl (C=O) groups is 2. The van der Waals surface area contributed by atoms with E-state index in [-0.39, 0.29) is 24.5 Å². The number of nitrogens with one attached hydrogen (secondary N) is 1. The molecule has 25 heavy (non-hydrogen) atoms. The van der Waals surface area contributed by atoms with Gasteiger partial charge in [0.2, 0.25) is 0 Å². The lowest BCUT2D eigenvalue weighted by molar-refractivity contribution is -0.134. The molecule has 2 rings (SSSR count). The topological polar surface area (TPSA) is 69.6 Å². The van der Waals surface area contributed by atoms with E-state index in [1.54, 1.807) is 24.3 Å². The van der Waals surface area contributed by atoms with Gasteiger partial charge in [-0.25, -0.2) is 0 Å². The van der Waals surface area contributed by atoms with Crippen LogP contribution in [0.2, 0.25) is 0 Å². The van der Waals surface area contributed by atoms with E-state index in [4.69, 9.17) is 5.11 Å². The van der Waals surface area contributed by atoms with E-state index in [1.807, 2.05) is 23.1 Å². The van der Waals surface area contributed by atoms with Gasteiger partial charge < -0.3 is 15.3 Å². The number of aliphatic carboxylic acids is 1. The first kappa shape index (κ1) is 18.5. The van der Waals surface area contributed by atoms with Crippen LogP contribution in [0.15, 0.2) is 61.7 Å². The Labute approximate surface area is 148 Å². The number of amides is 1. The quantitative estimate of drug-likeness (QED) is 0.711. The lowest BCUT2D eigenvalue weighted by atomic mass is 9.96. The van der Waals surface area contributed by atoms with E-state index in [2.05, 4.69) is 24.6 Å². The average molecular weight is 340 g/mol. The maximum Gasteiger partial charge on any atom is 0.322 e. The van der Waals surface area contributed by atoms with E-state index < -0.39 is 5.97 Å². The smallest absolute Gasteiger partial charge is 0.322 e. The second kappa shape index (κ2) is 8.87. The van der Waals surface area contributed by atoms with Crippen molar-refractivity contribution in [1.82, 2.24) is 4.90 Å². The number of hydrogen-bond donors (Lipinski definition) is 2. The first-order chi connectivity index (χ1) is 12.1. The summed E-state index contributed by atoms with van der Waals surface area (Å²) in [6, 6.07) is 6.98. The molecule has 0 radical (unpaired) electrons. The van der Waals surface area contributed by atoms with Crippen LogP contribution in [0.3, 0.4) is 0 Å². The van der Waals surface area contributed by atoms with E-state index in [0.29, 0.717) is 17.7 Å². The van der Waals surface area contributed by atoms with Gasteiger partial charge in [-0.05, 0) is 37.5 Å². The largest absolute Gasteiger partial charge is 0.480 e. The number of carboxylic acids is 1. The molecule has 1 aliphatic heterocycles. The number of hydrogen-bond acceptors (Lipinski definition) is 3. The third-order valence-corrected chi connectivity index (χ3v) is 4.15. The van der Waals surface area contributed by atoms with E-state index in [1.165, 1.54) is 0 Å². The van der Waals surface area contributed by atoms with Crippen LogP contribution >= 0.6 is 0 Å². The van der Waals surface area contributed by atoms with Crippen molar-refractivity contribution in [3.63, 3.8) is 0 Å². The van der Waals surface area contributed by atoms with Gasteiger partial charge in [0.15, 0.2) is 0 Å². The van der Waals surface area contributed by atoms with Gasteiger partial charge in [-0.2, -0.15) is 0 Å². The predicted molar refractivity (Wildman–Crippen MR) is 99.7 cm³/mol. The highest BCUT2D eigenvalue weighted by Crippen LogP contribution is 2.25. The van der Waals surface area contributed by atoms with Crippen molar-refractivity contribution in [3.05, 3.63) is 67.3 Å². The van der Waals surface area contributed by atoms with Gasteiger partial charge >= 0.3 is 5.97 Å². The molecule has 0 saturated heterocycles. The van der Waals surface area contributed by atoms with Gasteiger partial charge in [0.25, 0.3) is 5.91 Å². The van der Waals surface area contributed by atoms with Crippen molar-refractivity contribution in [2.75, 3.05) is 11.9 Å². The number of anilines is 1. The molecular formula is C20H24N2O3. The molecule has 5 heteroatoms. The Morgan fingerprint density at radius 1 is 1.28 bits per heavy atom. The highest BCUT2D eigenvalue weighted by atomic mass is 16.4. The standard InChI is InChI=1S/C20H24N2O3/c1-3-7-17-11-6-12-18(8-4-2)22(17)20(25)15-9-5-10-16(13-15)21-14-19(23)24/h3-6,9-11,13,17-18,21H,1-2,7-8,12,14H2,(H,23,24)/t17-,18-/m1/s1. The minimum atomic E-state index is -0.949. The van der Waals surface area contributed by atoms with E-state index in [9.17, 15) is 9.59 Å². The zero-order valence-electron chi connectivity index (χ0n) is 14.2. The van der Waals surface area contributed by atoms with E-state index >= 15 is 0 Å². The Hall–Kier alpha value is -2.82. The second-order valence-electron chi connectivity index (χ2n) is 5.97. The second-order valence-corrected chi connectivity index (χ2v) is 5.97. The molecule has 0 aliphatic carbocycles. The SMILES string of the molecule is C=CC[C@@H]1CC=C[C@@H](CC=C)N1C(=O)c1cccc(NCC(=O)O)c1. The molecule has 1 aliphatic rings. The summed E-state index contributed by atoms with van der Waals surface area (Å²) in [7, 11) is 0. The molecule has 1 heterocycles. The molecule has 0 saturated carbocycles. The average Bonchev–Trinajstić information content (AvgIpc) is 2.60. The van der Waals surface area contributed by atoms with Crippen LogP contribution in [-0.4, -0.2) is 40.5 Å². The number of nitrogens with zero attached hydrogens (tertiary/aromatic N) is 1. The summed E-state index contributed by atoms with van der Waals surface area (Å²) in [5.41, 5.74) is 1.15. The first-order valence-electron chi connectivity index (χ1n) is 8.33. The maximum absolute atomic E-state index is 13.1. The summed E-state index contributed by atoms with van der Waals surface area (Å²) in [5.74, 6) is -1.02. The van der Waals surface area contributed by atoms with Gasteiger partial charge in [-0.1, -0.05) is 30.4 Å². The minimum absolute atomic E-state index is 0.0284. The van der Waals surface area contributed by atoms with Gasteiger partial charge in [-0.15, -0.1) is 13.2 Å². The summed E-state index contributed by atoms with van der Waals surface area (Å²) in [6.45, 7) is 7.40. The Morgan fingerprint density at radius 3 is 2.72 bits per heavy atom. The zero-order valence-corrected chi connectivity index (χ0v) is 14.2. The molecule has 1 amide bonds. The van der Waals surface area contributed by atoms with Gasteiger partial charge in [-0.3, -0.25) is 9.59 Å². The predicted octanol–water partition coefficient (Wildman–Crippen LogP) is 3.47. The third kappa shape index (κ3) is 4.83. The first-order valence-corrected chi connectivity index (χ1v) is 8.33. The van der Waals surface area contributed by atoms with Crippen molar-refractivity contribution >= 4 is 17.6 Å². The summed E-state index contributed by atoms with van der Waals surface area (Å²) in [6.07, 6.45) is 10.0. The molecule has 2 N–H and O–H groups in total. The van der Waals surface area contributed by atoms with Crippen LogP contribution in [0.4, 0.5) is 5.69 Å². The zero-order chi connectivity index (χ0) is 18.2. The van der Waals surface area contributed by atoms with Gasteiger partial charge in [0.05, 0.1) is 6.04 Å². The van der Waals surface area contributed by atoms with Crippen molar-refractivity contribution in [2.45, 2.75) is 31.3 Å². The molecule has 1 aromatic carbocycles. The lowest BCUT2D eigenvalue weighted by Crippen LogP contribution is -2.48. The number of carbonyl (C=O) groups excluding carboxylic acids is 1. The Kier molecular flexibility index (Phi) is 6.57. The summed E-state index contributed by atoms with van der Waals surface area (Å²) in [5, 5.41) is 11.6.